The Labute approximate surface area is 244 Å². The summed E-state index contributed by atoms with van der Waals surface area (Å²) in [4.78, 5) is 29.2. The summed E-state index contributed by atoms with van der Waals surface area (Å²) in [5.74, 6) is -0.452. The molecule has 0 aliphatic carbocycles. The molecule has 41 heavy (non-hydrogen) atoms. The van der Waals surface area contributed by atoms with E-state index in [9.17, 15) is 18.0 Å². The summed E-state index contributed by atoms with van der Waals surface area (Å²) in [6.07, 6.45) is 1.10. The van der Waals surface area contributed by atoms with Gasteiger partial charge in [-0.25, -0.2) is 8.42 Å². The van der Waals surface area contributed by atoms with Crippen LogP contribution in [0.4, 0.5) is 5.69 Å². The van der Waals surface area contributed by atoms with Gasteiger partial charge < -0.3 is 15.0 Å². The maximum Gasteiger partial charge on any atom is 0.264 e. The second-order valence-corrected chi connectivity index (χ2v) is 12.1. The van der Waals surface area contributed by atoms with E-state index in [-0.39, 0.29) is 29.1 Å². The van der Waals surface area contributed by atoms with E-state index in [0.29, 0.717) is 12.2 Å². The average Bonchev–Trinajstić information content (AvgIpc) is 2.96. The third kappa shape index (κ3) is 7.67. The average molecular weight is 580 g/mol. The van der Waals surface area contributed by atoms with Crippen molar-refractivity contribution in [3.05, 3.63) is 89.5 Å². The van der Waals surface area contributed by atoms with Crippen LogP contribution >= 0.6 is 0 Å². The van der Waals surface area contributed by atoms with Crippen molar-refractivity contribution in [1.82, 2.24) is 10.2 Å². The van der Waals surface area contributed by atoms with E-state index in [4.69, 9.17) is 4.74 Å². The van der Waals surface area contributed by atoms with Crippen LogP contribution in [-0.4, -0.2) is 50.9 Å². The van der Waals surface area contributed by atoms with Crippen LogP contribution in [0.15, 0.2) is 77.7 Å². The van der Waals surface area contributed by atoms with Gasteiger partial charge in [0.25, 0.3) is 10.0 Å². The molecule has 3 aromatic carbocycles. The molecule has 0 bridgehead atoms. The van der Waals surface area contributed by atoms with E-state index in [0.717, 1.165) is 27.4 Å². The maximum absolute atomic E-state index is 14.3. The van der Waals surface area contributed by atoms with Gasteiger partial charge in [-0.3, -0.25) is 13.9 Å². The molecule has 0 aromatic heterocycles. The van der Waals surface area contributed by atoms with Crippen molar-refractivity contribution in [3.8, 4) is 5.75 Å². The molecule has 3 aromatic rings. The second-order valence-electron chi connectivity index (χ2n) is 10.2. The number of carbonyl (C=O) groups excluding carboxylic acids is 2. The lowest BCUT2D eigenvalue weighted by Gasteiger charge is -2.34. The lowest BCUT2D eigenvalue weighted by Crippen LogP contribution is -2.53. The van der Waals surface area contributed by atoms with Crippen LogP contribution in [0.5, 0.6) is 5.75 Å². The Morgan fingerprint density at radius 1 is 0.927 bits per heavy atom. The molecule has 0 heterocycles. The molecule has 0 aliphatic rings. The van der Waals surface area contributed by atoms with E-state index in [1.165, 1.54) is 24.1 Å². The monoisotopic (exact) mass is 579 g/mol. The predicted molar refractivity (Wildman–Crippen MR) is 162 cm³/mol. The van der Waals surface area contributed by atoms with Gasteiger partial charge in [0.15, 0.2) is 0 Å². The third-order valence-electron chi connectivity index (χ3n) is 7.20. The fourth-order valence-electron chi connectivity index (χ4n) is 4.56. The molecule has 0 spiro atoms. The normalized spacial score (nSPS) is 12.7. The van der Waals surface area contributed by atoms with Gasteiger partial charge in [0.2, 0.25) is 11.8 Å². The Bertz CT molecular complexity index is 1440. The number of nitrogens with zero attached hydrogens (tertiary/aromatic N) is 2. The van der Waals surface area contributed by atoms with Crippen molar-refractivity contribution < 1.29 is 22.7 Å². The van der Waals surface area contributed by atoms with E-state index in [1.54, 1.807) is 30.3 Å². The van der Waals surface area contributed by atoms with Gasteiger partial charge in [0.05, 0.1) is 17.7 Å². The highest BCUT2D eigenvalue weighted by atomic mass is 32.2. The van der Waals surface area contributed by atoms with Crippen molar-refractivity contribution in [2.45, 2.75) is 71.0 Å². The van der Waals surface area contributed by atoms with E-state index >= 15 is 0 Å². The van der Waals surface area contributed by atoms with Crippen molar-refractivity contribution in [3.63, 3.8) is 0 Å². The number of carbonyl (C=O) groups is 2. The lowest BCUT2D eigenvalue weighted by atomic mass is 10.1. The number of nitrogens with one attached hydrogen (secondary N) is 1. The third-order valence-corrected chi connectivity index (χ3v) is 8.98. The molecule has 2 atom stereocenters. The molecule has 8 nitrogen and oxygen atoms in total. The first kappa shape index (κ1) is 31.7. The highest BCUT2D eigenvalue weighted by Crippen LogP contribution is 2.34. The number of rotatable bonds is 13. The minimum absolute atomic E-state index is 0.0448. The Morgan fingerprint density at radius 2 is 1.59 bits per heavy atom. The Hall–Kier alpha value is -3.85. The van der Waals surface area contributed by atoms with Crippen LogP contribution in [-0.2, 0) is 26.2 Å². The van der Waals surface area contributed by atoms with Crippen molar-refractivity contribution in [1.29, 1.82) is 0 Å². The van der Waals surface area contributed by atoms with E-state index < -0.39 is 28.5 Å². The van der Waals surface area contributed by atoms with Gasteiger partial charge in [-0.05, 0) is 74.6 Å². The number of ether oxygens (including phenoxy) is 1. The SMILES string of the molecule is CC[C@H](C)NC(=O)[C@H](CC)N(Cc1ccccc1C)C(=O)CN(c1cc(C)ccc1OC)S(=O)(=O)c1ccccc1. The molecule has 0 aliphatic heterocycles. The van der Waals surface area contributed by atoms with E-state index in [2.05, 4.69) is 5.32 Å². The molecule has 1 N–H and O–H groups in total. The Balaban J connectivity index is 2.13. The van der Waals surface area contributed by atoms with Gasteiger partial charge in [-0.15, -0.1) is 0 Å². The second kappa shape index (κ2) is 14.2. The van der Waals surface area contributed by atoms with E-state index in [1.807, 2.05) is 65.0 Å². The van der Waals surface area contributed by atoms with Gasteiger partial charge >= 0.3 is 0 Å². The van der Waals surface area contributed by atoms with Crippen LogP contribution in [0.1, 0.15) is 50.3 Å². The van der Waals surface area contributed by atoms with Crippen molar-refractivity contribution in [2.24, 2.45) is 0 Å². The summed E-state index contributed by atoms with van der Waals surface area (Å²) in [5, 5.41) is 3.00. The lowest BCUT2D eigenvalue weighted by molar-refractivity contribution is -0.140. The fourth-order valence-corrected chi connectivity index (χ4v) is 6.00. The quantitative estimate of drug-likeness (QED) is 0.299. The summed E-state index contributed by atoms with van der Waals surface area (Å²) in [6.45, 7) is 9.16. The molecular weight excluding hydrogens is 538 g/mol. The summed E-state index contributed by atoms with van der Waals surface area (Å²) in [5.41, 5.74) is 2.90. The largest absolute Gasteiger partial charge is 0.495 e. The summed E-state index contributed by atoms with van der Waals surface area (Å²) >= 11 is 0. The zero-order valence-corrected chi connectivity index (χ0v) is 25.6. The number of aryl methyl sites for hydroxylation is 2. The highest BCUT2D eigenvalue weighted by Gasteiger charge is 2.35. The molecule has 0 saturated heterocycles. The molecule has 2 amide bonds. The van der Waals surface area contributed by atoms with Crippen LogP contribution in [0.2, 0.25) is 0 Å². The van der Waals surface area contributed by atoms with Gasteiger partial charge in [-0.1, -0.05) is 62.4 Å². The minimum Gasteiger partial charge on any atom is -0.495 e. The Morgan fingerprint density at radius 3 is 2.20 bits per heavy atom. The molecule has 0 saturated carbocycles. The number of methoxy groups -OCH3 is 1. The first-order chi connectivity index (χ1) is 19.5. The van der Waals surface area contributed by atoms with Gasteiger partial charge in [-0.2, -0.15) is 0 Å². The van der Waals surface area contributed by atoms with Crippen molar-refractivity contribution in [2.75, 3.05) is 18.0 Å². The molecule has 220 valence electrons. The molecule has 3 rings (SSSR count). The molecule has 0 radical (unpaired) electrons. The minimum atomic E-state index is -4.18. The molecular formula is C32H41N3O5S. The summed E-state index contributed by atoms with van der Waals surface area (Å²) < 4.78 is 34.7. The maximum atomic E-state index is 14.3. The number of sulfonamides is 1. The van der Waals surface area contributed by atoms with Crippen LogP contribution < -0.4 is 14.4 Å². The number of amides is 2. The number of hydrogen-bond acceptors (Lipinski definition) is 5. The van der Waals surface area contributed by atoms with Gasteiger partial charge in [0, 0.05) is 12.6 Å². The number of anilines is 1. The Kier molecular flexibility index (Phi) is 10.9. The molecule has 9 heteroatoms. The fraction of sp³-hybridized carbons (Fsp3) is 0.375. The van der Waals surface area contributed by atoms with Crippen LogP contribution in [0, 0.1) is 13.8 Å². The summed E-state index contributed by atoms with van der Waals surface area (Å²) in [6, 6.07) is 20.0. The van der Waals surface area contributed by atoms with Crippen molar-refractivity contribution >= 4 is 27.5 Å². The molecule has 0 fully saturated rings. The van der Waals surface area contributed by atoms with Crippen LogP contribution in [0.25, 0.3) is 0 Å². The topological polar surface area (TPSA) is 96.0 Å². The first-order valence-corrected chi connectivity index (χ1v) is 15.3. The van der Waals surface area contributed by atoms with Gasteiger partial charge in [0.1, 0.15) is 18.3 Å². The van der Waals surface area contributed by atoms with Crippen LogP contribution in [0.3, 0.4) is 0 Å². The summed E-state index contributed by atoms with van der Waals surface area (Å²) in [7, 11) is -2.72. The standard InChI is InChI=1S/C32H41N3O5S/c1-7-25(5)33-32(37)28(8-2)34(21-26-15-13-12-14-24(26)4)31(36)22-35(29-20-23(3)18-19-30(29)40-6)41(38,39)27-16-10-9-11-17-27/h9-20,25,28H,7-8,21-22H2,1-6H3,(H,33,37)/t25-,28-/m0/s1. The number of benzene rings is 3. The predicted octanol–water partition coefficient (Wildman–Crippen LogP) is 5.23. The number of hydrogen-bond donors (Lipinski definition) is 1. The first-order valence-electron chi connectivity index (χ1n) is 13.9. The zero-order valence-electron chi connectivity index (χ0n) is 24.8. The highest BCUT2D eigenvalue weighted by molar-refractivity contribution is 7.92. The zero-order chi connectivity index (χ0) is 30.2. The smallest absolute Gasteiger partial charge is 0.264 e. The molecule has 0 unspecified atom stereocenters.